The molecule has 1 atom stereocenters. The first-order chi connectivity index (χ1) is 12.2. The number of nitrogens with one attached hydrogen (secondary N) is 1. The molecular formula is C15H17F3N4O4. The van der Waals surface area contributed by atoms with Crippen molar-refractivity contribution in [3.63, 3.8) is 0 Å². The Morgan fingerprint density at radius 2 is 2.15 bits per heavy atom. The topological polar surface area (TPSA) is 101 Å². The Morgan fingerprint density at radius 1 is 1.46 bits per heavy atom. The summed E-state index contributed by atoms with van der Waals surface area (Å²) in [5.74, 6) is -2.02. The fourth-order valence-electron chi connectivity index (χ4n) is 2.37. The summed E-state index contributed by atoms with van der Waals surface area (Å²) in [6.45, 7) is 1.92. The van der Waals surface area contributed by atoms with Gasteiger partial charge in [0.1, 0.15) is 11.8 Å². The van der Waals surface area contributed by atoms with E-state index in [9.17, 15) is 18.0 Å². The Morgan fingerprint density at radius 3 is 2.73 bits per heavy atom. The number of fused-ring (bicyclic) bond motifs is 1. The van der Waals surface area contributed by atoms with E-state index in [1.165, 1.54) is 0 Å². The van der Waals surface area contributed by atoms with Crippen molar-refractivity contribution in [3.05, 3.63) is 42.4 Å². The highest BCUT2D eigenvalue weighted by Gasteiger charge is 2.38. The molecule has 11 heteroatoms. The monoisotopic (exact) mass is 374 g/mol. The summed E-state index contributed by atoms with van der Waals surface area (Å²) in [5.41, 5.74) is 1.06. The van der Waals surface area contributed by atoms with Crippen molar-refractivity contribution in [3.8, 4) is 0 Å². The second-order valence-corrected chi connectivity index (χ2v) is 5.60. The van der Waals surface area contributed by atoms with E-state index in [1.54, 1.807) is 12.6 Å². The molecule has 0 aliphatic carbocycles. The molecule has 2 aromatic heterocycles. The van der Waals surface area contributed by atoms with Crippen LogP contribution in [0, 0.1) is 0 Å². The van der Waals surface area contributed by atoms with Crippen LogP contribution in [-0.4, -0.2) is 51.2 Å². The quantitative estimate of drug-likeness (QED) is 0.843. The van der Waals surface area contributed by atoms with Gasteiger partial charge in [-0.15, -0.1) is 0 Å². The third kappa shape index (κ3) is 5.09. The first-order valence-electron chi connectivity index (χ1n) is 7.48. The highest BCUT2D eigenvalue weighted by Crippen LogP contribution is 2.19. The largest absolute Gasteiger partial charge is 0.490 e. The highest BCUT2D eigenvalue weighted by atomic mass is 19.4. The number of hydrogen-bond donors (Lipinski definition) is 2. The summed E-state index contributed by atoms with van der Waals surface area (Å²) in [7, 11) is 2.00. The molecule has 142 valence electrons. The zero-order valence-electron chi connectivity index (χ0n) is 13.7. The zero-order chi connectivity index (χ0) is 19.3. The van der Waals surface area contributed by atoms with Gasteiger partial charge in [0.2, 0.25) is 5.91 Å². The van der Waals surface area contributed by atoms with Gasteiger partial charge in [-0.3, -0.25) is 9.69 Å². The number of aromatic nitrogens is 2. The molecular weight excluding hydrogens is 357 g/mol. The number of carboxylic acids is 1. The molecule has 3 rings (SSSR count). The molecule has 26 heavy (non-hydrogen) atoms. The number of rotatable bonds is 3. The number of imidazole rings is 1. The lowest BCUT2D eigenvalue weighted by Crippen LogP contribution is -2.42. The molecule has 3 heterocycles. The van der Waals surface area contributed by atoms with Gasteiger partial charge in [-0.2, -0.15) is 13.2 Å². The number of amides is 1. The molecule has 1 aliphatic heterocycles. The molecule has 0 aromatic carbocycles. The normalized spacial score (nSPS) is 17.0. The number of carbonyl (C=O) groups is 2. The van der Waals surface area contributed by atoms with Gasteiger partial charge in [0.25, 0.3) is 0 Å². The van der Waals surface area contributed by atoms with Gasteiger partial charge < -0.3 is 19.4 Å². The molecule has 1 amide bonds. The van der Waals surface area contributed by atoms with Crippen LogP contribution < -0.4 is 5.32 Å². The fraction of sp³-hybridized carbons (Fsp3) is 0.400. The molecule has 1 unspecified atom stereocenters. The third-order valence-corrected chi connectivity index (χ3v) is 3.56. The van der Waals surface area contributed by atoms with Crippen molar-refractivity contribution < 1.29 is 32.3 Å². The first-order valence-corrected chi connectivity index (χ1v) is 7.48. The number of alkyl halides is 3. The van der Waals surface area contributed by atoms with Crippen molar-refractivity contribution in [2.45, 2.75) is 25.3 Å². The van der Waals surface area contributed by atoms with Crippen LogP contribution in [0.15, 0.2) is 35.3 Å². The lowest BCUT2D eigenvalue weighted by atomic mass is 10.2. The predicted octanol–water partition coefficient (Wildman–Crippen LogP) is 1.41. The molecule has 0 saturated heterocycles. The number of aliphatic carboxylic acids is 1. The van der Waals surface area contributed by atoms with Crippen LogP contribution in [0.3, 0.4) is 0 Å². The van der Waals surface area contributed by atoms with Crippen LogP contribution >= 0.6 is 0 Å². The van der Waals surface area contributed by atoms with Crippen LogP contribution in [0.1, 0.15) is 17.5 Å². The van der Waals surface area contributed by atoms with Gasteiger partial charge >= 0.3 is 12.1 Å². The molecule has 0 bridgehead atoms. The number of hydrogen-bond acceptors (Lipinski definition) is 5. The summed E-state index contributed by atoms with van der Waals surface area (Å²) in [6, 6.07) is 3.42. The summed E-state index contributed by atoms with van der Waals surface area (Å²) in [4.78, 5) is 27.4. The summed E-state index contributed by atoms with van der Waals surface area (Å²) >= 11 is 0. The lowest BCUT2D eigenvalue weighted by Gasteiger charge is -2.30. The number of nitrogens with zero attached hydrogens (tertiary/aromatic N) is 3. The van der Waals surface area contributed by atoms with E-state index >= 15 is 0 Å². The fourth-order valence-corrected chi connectivity index (χ4v) is 2.37. The summed E-state index contributed by atoms with van der Waals surface area (Å²) in [5, 5.41) is 10.0. The standard InChI is InChI=1S/C13H16N4O2.C2HF3O2/c1-16-7-10-5-14-9-17(10)12(8-16)13(18)15-6-11-3-2-4-19-11;3-2(4,5)1(6)7/h2-5,9,12H,6-8H2,1H3,(H,15,18);(H,6,7). The van der Waals surface area contributed by atoms with Crippen LogP contribution in [0.2, 0.25) is 0 Å². The molecule has 1 aliphatic rings. The van der Waals surface area contributed by atoms with Gasteiger partial charge in [-0.05, 0) is 19.2 Å². The zero-order valence-corrected chi connectivity index (χ0v) is 13.7. The van der Waals surface area contributed by atoms with Gasteiger partial charge in [0.15, 0.2) is 0 Å². The van der Waals surface area contributed by atoms with E-state index in [0.29, 0.717) is 13.1 Å². The van der Waals surface area contributed by atoms with E-state index in [4.69, 9.17) is 14.3 Å². The molecule has 0 saturated carbocycles. The Balaban J connectivity index is 0.000000298. The van der Waals surface area contributed by atoms with E-state index in [-0.39, 0.29) is 11.9 Å². The van der Waals surface area contributed by atoms with Gasteiger partial charge in [0.05, 0.1) is 24.8 Å². The van der Waals surface area contributed by atoms with Crippen LogP contribution in [-0.2, 0) is 22.7 Å². The van der Waals surface area contributed by atoms with Gasteiger partial charge in [-0.25, -0.2) is 9.78 Å². The van der Waals surface area contributed by atoms with Crippen molar-refractivity contribution >= 4 is 11.9 Å². The van der Waals surface area contributed by atoms with Crippen molar-refractivity contribution in [2.75, 3.05) is 13.6 Å². The second kappa shape index (κ2) is 8.04. The lowest BCUT2D eigenvalue weighted by molar-refractivity contribution is -0.192. The van der Waals surface area contributed by atoms with Crippen LogP contribution in [0.25, 0.3) is 0 Å². The molecule has 0 spiro atoms. The summed E-state index contributed by atoms with van der Waals surface area (Å²) in [6.07, 6.45) is 0.0474. The van der Waals surface area contributed by atoms with Crippen LogP contribution in [0.4, 0.5) is 13.2 Å². The first kappa shape index (κ1) is 19.5. The molecule has 8 nitrogen and oxygen atoms in total. The maximum absolute atomic E-state index is 12.3. The van der Waals surface area contributed by atoms with Gasteiger partial charge in [-0.1, -0.05) is 0 Å². The number of furan rings is 1. The minimum atomic E-state index is -5.08. The maximum Gasteiger partial charge on any atom is 0.490 e. The van der Waals surface area contributed by atoms with Crippen molar-refractivity contribution in [1.29, 1.82) is 0 Å². The van der Waals surface area contributed by atoms with E-state index in [1.807, 2.05) is 29.9 Å². The Labute approximate surface area is 146 Å². The number of carboxylic acid groups (broad SMARTS) is 1. The van der Waals surface area contributed by atoms with E-state index in [0.717, 1.165) is 18.0 Å². The van der Waals surface area contributed by atoms with Crippen molar-refractivity contribution in [1.82, 2.24) is 19.8 Å². The Bertz CT molecular complexity index is 742. The molecule has 2 N–H and O–H groups in total. The molecule has 0 radical (unpaired) electrons. The number of halogens is 3. The third-order valence-electron chi connectivity index (χ3n) is 3.56. The summed E-state index contributed by atoms with van der Waals surface area (Å²) < 4.78 is 38.9. The smallest absolute Gasteiger partial charge is 0.475 e. The second-order valence-electron chi connectivity index (χ2n) is 5.60. The SMILES string of the molecule is CN1Cc2cncn2C(C(=O)NCc2ccco2)C1.O=C(O)C(F)(F)F. The van der Waals surface area contributed by atoms with E-state index < -0.39 is 12.1 Å². The number of likely N-dealkylation sites (N-methyl/N-ethyl adjacent to an activating group) is 1. The number of carbonyl (C=O) groups excluding carboxylic acids is 1. The van der Waals surface area contributed by atoms with Gasteiger partial charge in [0, 0.05) is 19.3 Å². The predicted molar refractivity (Wildman–Crippen MR) is 81.8 cm³/mol. The maximum atomic E-state index is 12.3. The Hall–Kier alpha value is -2.82. The highest BCUT2D eigenvalue weighted by molar-refractivity contribution is 5.80. The average molecular weight is 374 g/mol. The van der Waals surface area contributed by atoms with E-state index in [2.05, 4.69) is 15.2 Å². The Kier molecular flexibility index (Phi) is 6.03. The minimum Gasteiger partial charge on any atom is -0.475 e. The minimum absolute atomic E-state index is 0.0119. The average Bonchev–Trinajstić information content (AvgIpc) is 3.22. The molecule has 0 fully saturated rings. The molecule has 2 aromatic rings. The van der Waals surface area contributed by atoms with Crippen molar-refractivity contribution in [2.24, 2.45) is 0 Å². The van der Waals surface area contributed by atoms with Crippen LogP contribution in [0.5, 0.6) is 0 Å².